The minimum absolute atomic E-state index is 0.539. The summed E-state index contributed by atoms with van der Waals surface area (Å²) >= 11 is 2.03. The zero-order valence-corrected chi connectivity index (χ0v) is 14.4. The molecule has 6 heteroatoms. The number of aryl methyl sites for hydroxylation is 2. The zero-order valence-electron chi connectivity index (χ0n) is 13.6. The maximum Gasteiger partial charge on any atom is 0.191 e. The molecule has 2 N–H and O–H groups in total. The number of thioether (sulfide) groups is 1. The Hall–Kier alpha value is -1.17. The van der Waals surface area contributed by atoms with Gasteiger partial charge in [-0.1, -0.05) is 0 Å². The van der Waals surface area contributed by atoms with Gasteiger partial charge in [-0.05, 0) is 39.4 Å². The normalized spacial score (nSPS) is 19.6. The summed E-state index contributed by atoms with van der Waals surface area (Å²) in [4.78, 5) is 4.74. The lowest BCUT2D eigenvalue weighted by atomic mass is 10.2. The van der Waals surface area contributed by atoms with Gasteiger partial charge < -0.3 is 10.6 Å². The number of hydrogen-bond acceptors (Lipinski definition) is 3. The predicted octanol–water partition coefficient (Wildman–Crippen LogP) is 1.99. The highest BCUT2D eigenvalue weighted by Crippen LogP contribution is 2.17. The van der Waals surface area contributed by atoms with Gasteiger partial charge in [-0.2, -0.15) is 16.9 Å². The van der Waals surface area contributed by atoms with Crippen molar-refractivity contribution in [3.8, 4) is 0 Å². The highest BCUT2D eigenvalue weighted by atomic mass is 32.2. The summed E-state index contributed by atoms with van der Waals surface area (Å²) in [5.41, 5.74) is 3.50. The largest absolute Gasteiger partial charge is 0.357 e. The van der Waals surface area contributed by atoms with Crippen LogP contribution < -0.4 is 10.6 Å². The first-order chi connectivity index (χ1) is 10.1. The summed E-state index contributed by atoms with van der Waals surface area (Å²) in [5.74, 6) is 3.39. The molecule has 1 aliphatic heterocycles. The van der Waals surface area contributed by atoms with Gasteiger partial charge in [0.2, 0.25) is 0 Å². The van der Waals surface area contributed by atoms with Gasteiger partial charge in [-0.15, -0.1) is 0 Å². The minimum atomic E-state index is 0.539. The van der Waals surface area contributed by atoms with E-state index in [1.807, 2.05) is 23.5 Å². The second-order valence-corrected chi connectivity index (χ2v) is 6.68. The summed E-state index contributed by atoms with van der Waals surface area (Å²) < 4.78 is 1.93. The van der Waals surface area contributed by atoms with E-state index < -0.39 is 0 Å². The van der Waals surface area contributed by atoms with Crippen molar-refractivity contribution in [2.75, 3.05) is 18.1 Å². The molecule has 1 atom stereocenters. The Labute approximate surface area is 132 Å². The van der Waals surface area contributed by atoms with Crippen LogP contribution >= 0.6 is 11.8 Å². The highest BCUT2D eigenvalue weighted by molar-refractivity contribution is 7.99. The van der Waals surface area contributed by atoms with Crippen molar-refractivity contribution in [1.82, 2.24) is 20.4 Å². The molecule has 2 heterocycles. The third-order valence-electron chi connectivity index (χ3n) is 3.90. The van der Waals surface area contributed by atoms with Crippen molar-refractivity contribution < 1.29 is 0 Å². The molecule has 1 aromatic rings. The van der Waals surface area contributed by atoms with Crippen LogP contribution in [-0.4, -0.2) is 39.8 Å². The van der Waals surface area contributed by atoms with E-state index in [2.05, 4.69) is 36.5 Å². The minimum Gasteiger partial charge on any atom is -0.357 e. The number of aliphatic imine (C=N–C) groups is 1. The molecule has 0 amide bonds. The maximum absolute atomic E-state index is 4.74. The molecular weight excluding hydrogens is 282 g/mol. The van der Waals surface area contributed by atoms with E-state index in [4.69, 9.17) is 4.99 Å². The third-order valence-corrected chi connectivity index (χ3v) is 5.11. The molecule has 1 unspecified atom stereocenters. The number of nitrogens with one attached hydrogen (secondary N) is 2. The Bertz CT molecular complexity index is 488. The molecule has 0 radical (unpaired) electrons. The predicted molar refractivity (Wildman–Crippen MR) is 91.0 cm³/mol. The van der Waals surface area contributed by atoms with E-state index >= 15 is 0 Å². The lowest BCUT2D eigenvalue weighted by Gasteiger charge is -2.24. The first kappa shape index (κ1) is 16.2. The van der Waals surface area contributed by atoms with Crippen molar-refractivity contribution in [1.29, 1.82) is 0 Å². The summed E-state index contributed by atoms with van der Waals surface area (Å²) in [5, 5.41) is 11.4. The summed E-state index contributed by atoms with van der Waals surface area (Å²) in [6, 6.07) is 0.539. The molecule has 1 aliphatic rings. The fourth-order valence-electron chi connectivity index (χ4n) is 2.57. The molecule has 118 valence electrons. The number of nitrogens with zero attached hydrogens (tertiary/aromatic N) is 3. The third kappa shape index (κ3) is 4.40. The van der Waals surface area contributed by atoms with Gasteiger partial charge in [0.05, 0.1) is 12.2 Å². The first-order valence-corrected chi connectivity index (χ1v) is 8.89. The molecule has 2 rings (SSSR count). The molecule has 0 saturated carbocycles. The molecule has 21 heavy (non-hydrogen) atoms. The summed E-state index contributed by atoms with van der Waals surface area (Å²) in [6.45, 7) is 7.82. The molecule has 1 saturated heterocycles. The maximum atomic E-state index is 4.74. The van der Waals surface area contributed by atoms with Crippen LogP contribution in [0.5, 0.6) is 0 Å². The molecule has 0 aromatic carbocycles. The van der Waals surface area contributed by atoms with Crippen LogP contribution in [0, 0.1) is 13.8 Å². The van der Waals surface area contributed by atoms with Crippen molar-refractivity contribution in [3.63, 3.8) is 0 Å². The van der Waals surface area contributed by atoms with Crippen LogP contribution in [0.15, 0.2) is 4.99 Å². The van der Waals surface area contributed by atoms with Crippen molar-refractivity contribution in [2.24, 2.45) is 12.0 Å². The van der Waals surface area contributed by atoms with Gasteiger partial charge in [0.15, 0.2) is 5.96 Å². The van der Waals surface area contributed by atoms with Gasteiger partial charge in [0.1, 0.15) is 0 Å². The Morgan fingerprint density at radius 1 is 1.48 bits per heavy atom. The number of aromatic nitrogens is 2. The van der Waals surface area contributed by atoms with Gasteiger partial charge in [-0.3, -0.25) is 4.68 Å². The standard InChI is InChI=1S/C15H27N5S/c1-5-16-15(18-13-7-6-8-21-10-13)17-9-14-11(2)19-20(4)12(14)3/h13H,5-10H2,1-4H3,(H2,16,17,18). The number of guanidine groups is 1. The second-order valence-electron chi connectivity index (χ2n) is 5.53. The number of rotatable bonds is 4. The quantitative estimate of drug-likeness (QED) is 0.660. The highest BCUT2D eigenvalue weighted by Gasteiger charge is 2.15. The first-order valence-electron chi connectivity index (χ1n) is 7.73. The van der Waals surface area contributed by atoms with Crippen LogP contribution in [0.3, 0.4) is 0 Å². The van der Waals surface area contributed by atoms with E-state index in [9.17, 15) is 0 Å². The molecule has 5 nitrogen and oxygen atoms in total. The fraction of sp³-hybridized carbons (Fsp3) is 0.733. The van der Waals surface area contributed by atoms with Crippen molar-refractivity contribution >= 4 is 17.7 Å². The van der Waals surface area contributed by atoms with Crippen molar-refractivity contribution in [3.05, 3.63) is 17.0 Å². The van der Waals surface area contributed by atoms with Crippen molar-refractivity contribution in [2.45, 2.75) is 46.2 Å². The second kappa shape index (κ2) is 7.73. The van der Waals surface area contributed by atoms with Gasteiger partial charge in [0.25, 0.3) is 0 Å². The van der Waals surface area contributed by atoms with Gasteiger partial charge in [-0.25, -0.2) is 4.99 Å². The van der Waals surface area contributed by atoms with Gasteiger partial charge in [0, 0.05) is 36.6 Å². The smallest absolute Gasteiger partial charge is 0.191 e. The fourth-order valence-corrected chi connectivity index (χ4v) is 3.64. The van der Waals surface area contributed by atoms with Gasteiger partial charge >= 0.3 is 0 Å². The average Bonchev–Trinajstić information content (AvgIpc) is 2.71. The van der Waals surface area contributed by atoms with E-state index in [1.54, 1.807) is 0 Å². The Morgan fingerprint density at radius 3 is 2.86 bits per heavy atom. The molecule has 1 fully saturated rings. The summed E-state index contributed by atoms with van der Waals surface area (Å²) in [7, 11) is 1.98. The lowest BCUT2D eigenvalue weighted by molar-refractivity contribution is 0.582. The van der Waals surface area contributed by atoms with E-state index in [0.29, 0.717) is 12.6 Å². The Balaban J connectivity index is 2.02. The molecular formula is C15H27N5S. The molecule has 0 bridgehead atoms. The van der Waals surface area contributed by atoms with Crippen LogP contribution in [0.2, 0.25) is 0 Å². The van der Waals surface area contributed by atoms with E-state index in [1.165, 1.54) is 35.6 Å². The topological polar surface area (TPSA) is 54.2 Å². The Kier molecular flexibility index (Phi) is 5.96. The van der Waals surface area contributed by atoms with Crippen LogP contribution in [0.4, 0.5) is 0 Å². The SMILES string of the molecule is CCNC(=NCc1c(C)nn(C)c1C)NC1CCCSC1. The van der Waals surface area contributed by atoms with E-state index in [0.717, 1.165) is 18.2 Å². The Morgan fingerprint density at radius 2 is 2.29 bits per heavy atom. The molecule has 1 aromatic heterocycles. The van der Waals surface area contributed by atoms with Crippen LogP contribution in [-0.2, 0) is 13.6 Å². The van der Waals surface area contributed by atoms with Crippen LogP contribution in [0.1, 0.15) is 36.7 Å². The molecule has 0 spiro atoms. The lowest BCUT2D eigenvalue weighted by Crippen LogP contribution is -2.45. The monoisotopic (exact) mass is 309 g/mol. The number of hydrogen-bond donors (Lipinski definition) is 2. The summed E-state index contributed by atoms with van der Waals surface area (Å²) in [6.07, 6.45) is 2.53. The van der Waals surface area contributed by atoms with Crippen LogP contribution in [0.25, 0.3) is 0 Å². The molecule has 0 aliphatic carbocycles. The zero-order chi connectivity index (χ0) is 15.2. The average molecular weight is 309 g/mol. The van der Waals surface area contributed by atoms with E-state index in [-0.39, 0.29) is 0 Å².